The number of nitrogens with zero attached hydrogens (tertiary/aromatic N) is 1. The van der Waals surface area contributed by atoms with E-state index in [2.05, 4.69) is 24.2 Å². The Hall–Kier alpha value is -0.0800. The first-order valence-electron chi connectivity index (χ1n) is 5.70. The predicted octanol–water partition coefficient (Wildman–Crippen LogP) is 1.47. The molecule has 2 rings (SSSR count). The van der Waals surface area contributed by atoms with Gasteiger partial charge in [0, 0.05) is 12.1 Å². The molecule has 2 atom stereocenters. The molecule has 1 heterocycles. The van der Waals surface area contributed by atoms with E-state index in [1.165, 1.54) is 38.8 Å². The van der Waals surface area contributed by atoms with Crippen molar-refractivity contribution in [2.45, 2.75) is 44.7 Å². The SMILES string of the molecule is CC1CCC1NC1CCN(C)CC1. The van der Waals surface area contributed by atoms with Crippen molar-refractivity contribution in [3.8, 4) is 0 Å². The fourth-order valence-electron chi connectivity index (χ4n) is 2.39. The maximum Gasteiger partial charge on any atom is 0.00954 e. The predicted molar refractivity (Wildman–Crippen MR) is 55.8 cm³/mol. The lowest BCUT2D eigenvalue weighted by molar-refractivity contribution is 0.166. The average Bonchev–Trinajstić information content (AvgIpc) is 2.15. The average molecular weight is 182 g/mol. The fraction of sp³-hybridized carbons (Fsp3) is 1.00. The quantitative estimate of drug-likeness (QED) is 0.695. The summed E-state index contributed by atoms with van der Waals surface area (Å²) >= 11 is 0. The van der Waals surface area contributed by atoms with E-state index in [4.69, 9.17) is 0 Å². The van der Waals surface area contributed by atoms with Crippen LogP contribution in [0, 0.1) is 5.92 Å². The van der Waals surface area contributed by atoms with Gasteiger partial charge in [0.15, 0.2) is 0 Å². The Morgan fingerprint density at radius 1 is 1.08 bits per heavy atom. The van der Waals surface area contributed by atoms with Gasteiger partial charge < -0.3 is 10.2 Å². The van der Waals surface area contributed by atoms with Crippen LogP contribution in [-0.4, -0.2) is 37.1 Å². The zero-order chi connectivity index (χ0) is 9.26. The van der Waals surface area contributed by atoms with E-state index in [1.54, 1.807) is 0 Å². The van der Waals surface area contributed by atoms with Crippen LogP contribution in [0.2, 0.25) is 0 Å². The summed E-state index contributed by atoms with van der Waals surface area (Å²) < 4.78 is 0. The van der Waals surface area contributed by atoms with Crippen LogP contribution < -0.4 is 5.32 Å². The fourth-order valence-corrected chi connectivity index (χ4v) is 2.39. The highest BCUT2D eigenvalue weighted by Gasteiger charge is 2.29. The standard InChI is InChI=1S/C11H22N2/c1-9-3-4-11(9)12-10-5-7-13(2)8-6-10/h9-12H,3-8H2,1-2H3. The molecule has 1 aliphatic carbocycles. The van der Waals surface area contributed by atoms with Crippen LogP contribution in [-0.2, 0) is 0 Å². The minimum atomic E-state index is 0.809. The Labute approximate surface area is 81.7 Å². The largest absolute Gasteiger partial charge is 0.311 e. The third kappa shape index (κ3) is 2.23. The molecule has 0 spiro atoms. The molecule has 13 heavy (non-hydrogen) atoms. The molecule has 0 amide bonds. The van der Waals surface area contributed by atoms with Gasteiger partial charge in [0.2, 0.25) is 0 Å². The second-order valence-electron chi connectivity index (χ2n) is 4.91. The van der Waals surface area contributed by atoms with Gasteiger partial charge in [-0.3, -0.25) is 0 Å². The van der Waals surface area contributed by atoms with Crippen molar-refractivity contribution in [2.75, 3.05) is 20.1 Å². The molecule has 0 aromatic heterocycles. The summed E-state index contributed by atoms with van der Waals surface area (Å²) in [5.74, 6) is 0.930. The molecule has 2 fully saturated rings. The molecule has 0 bridgehead atoms. The third-order valence-electron chi connectivity index (χ3n) is 3.79. The second kappa shape index (κ2) is 3.97. The van der Waals surface area contributed by atoms with E-state index in [-0.39, 0.29) is 0 Å². The Morgan fingerprint density at radius 3 is 2.23 bits per heavy atom. The first-order valence-corrected chi connectivity index (χ1v) is 5.70. The van der Waals surface area contributed by atoms with Gasteiger partial charge in [-0.25, -0.2) is 0 Å². The number of rotatable bonds is 2. The zero-order valence-corrected chi connectivity index (χ0v) is 8.92. The van der Waals surface area contributed by atoms with Crippen LogP contribution in [0.5, 0.6) is 0 Å². The third-order valence-corrected chi connectivity index (χ3v) is 3.79. The molecule has 1 aliphatic heterocycles. The molecular weight excluding hydrogens is 160 g/mol. The Bertz CT molecular complexity index is 161. The second-order valence-corrected chi connectivity index (χ2v) is 4.91. The molecule has 2 heteroatoms. The van der Waals surface area contributed by atoms with Crippen molar-refractivity contribution < 1.29 is 0 Å². The van der Waals surface area contributed by atoms with Crippen LogP contribution in [0.3, 0.4) is 0 Å². The molecule has 2 aliphatic rings. The summed E-state index contributed by atoms with van der Waals surface area (Å²) in [6, 6.07) is 1.65. The Balaban J connectivity index is 1.70. The molecular formula is C11H22N2. The normalized spacial score (nSPS) is 37.4. The Kier molecular flexibility index (Phi) is 2.89. The maximum absolute atomic E-state index is 3.80. The van der Waals surface area contributed by atoms with Crippen LogP contribution in [0.25, 0.3) is 0 Å². The van der Waals surface area contributed by atoms with Crippen LogP contribution in [0.1, 0.15) is 32.6 Å². The summed E-state index contributed by atoms with van der Waals surface area (Å²) in [7, 11) is 2.22. The van der Waals surface area contributed by atoms with Gasteiger partial charge in [0.25, 0.3) is 0 Å². The molecule has 2 unspecified atom stereocenters. The van der Waals surface area contributed by atoms with Crippen LogP contribution in [0.15, 0.2) is 0 Å². The smallest absolute Gasteiger partial charge is 0.00954 e. The summed E-state index contributed by atoms with van der Waals surface area (Å²) in [6.07, 6.45) is 5.54. The van der Waals surface area contributed by atoms with Gasteiger partial charge >= 0.3 is 0 Å². The molecule has 1 saturated carbocycles. The van der Waals surface area contributed by atoms with E-state index in [9.17, 15) is 0 Å². The van der Waals surface area contributed by atoms with Crippen molar-refractivity contribution in [3.05, 3.63) is 0 Å². The van der Waals surface area contributed by atoms with E-state index in [1.807, 2.05) is 0 Å². The van der Waals surface area contributed by atoms with Gasteiger partial charge in [0.1, 0.15) is 0 Å². The van der Waals surface area contributed by atoms with Gasteiger partial charge in [-0.1, -0.05) is 6.92 Å². The van der Waals surface area contributed by atoms with Crippen molar-refractivity contribution in [1.82, 2.24) is 10.2 Å². The van der Waals surface area contributed by atoms with Crippen molar-refractivity contribution in [2.24, 2.45) is 5.92 Å². The first-order chi connectivity index (χ1) is 6.25. The lowest BCUT2D eigenvalue weighted by Crippen LogP contribution is -2.50. The molecule has 0 radical (unpaired) electrons. The summed E-state index contributed by atoms with van der Waals surface area (Å²) in [5, 5.41) is 3.80. The molecule has 0 aromatic rings. The van der Waals surface area contributed by atoms with E-state index >= 15 is 0 Å². The highest BCUT2D eigenvalue weighted by atomic mass is 15.1. The highest BCUT2D eigenvalue weighted by Crippen LogP contribution is 2.27. The summed E-state index contributed by atoms with van der Waals surface area (Å²) in [6.45, 7) is 4.92. The molecule has 0 aromatic carbocycles. The summed E-state index contributed by atoms with van der Waals surface area (Å²) in [4.78, 5) is 2.43. The van der Waals surface area contributed by atoms with E-state index in [0.717, 1.165) is 18.0 Å². The van der Waals surface area contributed by atoms with Crippen LogP contribution >= 0.6 is 0 Å². The molecule has 1 saturated heterocycles. The lowest BCUT2D eigenvalue weighted by Gasteiger charge is -2.40. The van der Waals surface area contributed by atoms with E-state index < -0.39 is 0 Å². The van der Waals surface area contributed by atoms with Gasteiger partial charge in [-0.15, -0.1) is 0 Å². The molecule has 76 valence electrons. The number of nitrogens with one attached hydrogen (secondary N) is 1. The molecule has 2 nitrogen and oxygen atoms in total. The molecule has 1 N–H and O–H groups in total. The van der Waals surface area contributed by atoms with E-state index in [0.29, 0.717) is 0 Å². The zero-order valence-electron chi connectivity index (χ0n) is 8.92. The monoisotopic (exact) mass is 182 g/mol. The number of hydrogen-bond acceptors (Lipinski definition) is 2. The Morgan fingerprint density at radius 2 is 1.77 bits per heavy atom. The van der Waals surface area contributed by atoms with Gasteiger partial charge in [-0.05, 0) is 51.7 Å². The minimum Gasteiger partial charge on any atom is -0.311 e. The maximum atomic E-state index is 3.80. The van der Waals surface area contributed by atoms with Crippen molar-refractivity contribution in [1.29, 1.82) is 0 Å². The minimum absolute atomic E-state index is 0.809. The number of piperidine rings is 1. The summed E-state index contributed by atoms with van der Waals surface area (Å²) in [5.41, 5.74) is 0. The number of likely N-dealkylation sites (tertiary alicyclic amines) is 1. The topological polar surface area (TPSA) is 15.3 Å². The van der Waals surface area contributed by atoms with Crippen molar-refractivity contribution >= 4 is 0 Å². The highest BCUT2D eigenvalue weighted by molar-refractivity contribution is 4.88. The number of hydrogen-bond donors (Lipinski definition) is 1. The lowest BCUT2D eigenvalue weighted by atomic mass is 9.80. The van der Waals surface area contributed by atoms with Crippen LogP contribution in [0.4, 0.5) is 0 Å². The van der Waals surface area contributed by atoms with Gasteiger partial charge in [-0.2, -0.15) is 0 Å². The first kappa shape index (κ1) is 9.47. The van der Waals surface area contributed by atoms with Crippen molar-refractivity contribution in [3.63, 3.8) is 0 Å². The van der Waals surface area contributed by atoms with Gasteiger partial charge in [0.05, 0.1) is 0 Å².